The molecule has 0 aromatic heterocycles. The molecule has 1 aromatic rings. The number of rotatable bonds is 9. The number of aliphatic imine (C=N–C) groups is 3. The highest BCUT2D eigenvalue weighted by molar-refractivity contribution is 8.13. The van der Waals surface area contributed by atoms with Crippen molar-refractivity contribution in [1.29, 1.82) is 0 Å². The predicted octanol–water partition coefficient (Wildman–Crippen LogP) is 11.0. The number of guanidine groups is 2. The Morgan fingerprint density at radius 1 is 0.511 bits per heavy atom. The first-order valence-electron chi connectivity index (χ1n) is 30.7. The van der Waals surface area contributed by atoms with Crippen molar-refractivity contribution in [2.24, 2.45) is 32.7 Å². The van der Waals surface area contributed by atoms with E-state index >= 15 is 0 Å². The van der Waals surface area contributed by atoms with Crippen LogP contribution in [0.15, 0.2) is 44.1 Å². The number of alkyl carbamates (subject to hydrolysis) is 3. The number of piperidine rings is 3. The van der Waals surface area contributed by atoms with Crippen molar-refractivity contribution in [3.05, 3.63) is 29.8 Å². The first-order valence-corrected chi connectivity index (χ1v) is 33.3. The molecule has 26 nitrogen and oxygen atoms in total. The van der Waals surface area contributed by atoms with Crippen LogP contribution < -0.4 is 21.3 Å². The summed E-state index contributed by atoms with van der Waals surface area (Å²) in [4.78, 5) is 87.2. The minimum atomic E-state index is -3.80. The van der Waals surface area contributed by atoms with Gasteiger partial charge in [-0.15, -0.1) is 9.98 Å². The Morgan fingerprint density at radius 2 is 0.833 bits per heavy atom. The van der Waals surface area contributed by atoms with Crippen LogP contribution in [0, 0.1) is 24.7 Å². The van der Waals surface area contributed by atoms with E-state index in [4.69, 9.17) is 42.8 Å². The number of benzene rings is 1. The standard InChI is InChI=1S/C25H39N3O7S.C18H33N3O5.C12H22N2O4S.C7H15NO/c1-18-8-10-20(11-9-18)36(31,32)33-17-14-19-12-15-28(16-13-19)21(26-22(29)34-24(2,3)4)27-23(30)35-25(5,6)7;1-17(2,3)25-15(23)19-14(20-16(24)26-18(4,5)6)21-10-7-13(8-11-21)9-12-22;1-11(2,3)17-9(15)13-8(19-7)14-10(16)18-12(4,5)6;9-6-3-7-1-4-8-5-2-7/h8-11,19H,12-17H2,1-7H3,(H,26,27,29,30);13,22H,7-12H2,1-6H3,(H,19,20,23,24);1-7H3,(H,13,14,15,16);7-9H,1-6H2. The first kappa shape index (κ1) is 82.2. The average Bonchev–Trinajstić information content (AvgIpc) is 2.82. The number of thioether (sulfide) groups is 1. The van der Waals surface area contributed by atoms with E-state index in [1.807, 2.05) is 11.8 Å². The number of likely N-dealkylation sites (tertiary alicyclic amines) is 2. The van der Waals surface area contributed by atoms with Gasteiger partial charge in [-0.3, -0.25) is 20.1 Å². The van der Waals surface area contributed by atoms with Crippen molar-refractivity contribution < 1.29 is 80.0 Å². The molecule has 6 N–H and O–H groups in total. The fourth-order valence-corrected chi connectivity index (χ4v) is 9.54. The number of nitrogens with zero attached hydrogens (tertiary/aromatic N) is 5. The molecule has 3 fully saturated rings. The van der Waals surface area contributed by atoms with Crippen LogP contribution in [0.5, 0.6) is 0 Å². The van der Waals surface area contributed by atoms with Crippen LogP contribution in [-0.2, 0) is 42.7 Å². The molecule has 3 saturated heterocycles. The van der Waals surface area contributed by atoms with Gasteiger partial charge in [-0.2, -0.15) is 13.4 Å². The minimum absolute atomic E-state index is 0.0650. The van der Waals surface area contributed by atoms with Crippen LogP contribution in [0.4, 0.5) is 28.8 Å². The van der Waals surface area contributed by atoms with Crippen molar-refractivity contribution in [2.75, 3.05) is 65.3 Å². The number of aryl methyl sites for hydroxylation is 1. The molecule has 0 atom stereocenters. The van der Waals surface area contributed by atoms with Crippen LogP contribution in [0.3, 0.4) is 0 Å². The SMILES string of the molecule is CC(C)(C)OC(=O)N=C(NC(=O)OC(C)(C)C)N1CCC(CCO)CC1.CSC(=NC(=O)OC(C)(C)C)NC(=O)OC(C)(C)C.Cc1ccc(S(=O)(=O)OCCC2CCN(C(=NC(=O)OC(C)(C)C)NC(=O)OC(C)(C)C)CC2)cc1.OCCC1CCNCC1. The highest BCUT2D eigenvalue weighted by Crippen LogP contribution is 2.24. The molecule has 0 unspecified atom stereocenters. The van der Waals surface area contributed by atoms with E-state index in [1.54, 1.807) is 148 Å². The summed E-state index contributed by atoms with van der Waals surface area (Å²) in [5.74, 6) is 1.64. The van der Waals surface area contributed by atoms with Gasteiger partial charge in [0.05, 0.1) is 11.5 Å². The zero-order valence-corrected chi connectivity index (χ0v) is 59.0. The van der Waals surface area contributed by atoms with E-state index < -0.39 is 80.3 Å². The molecule has 4 rings (SSSR count). The van der Waals surface area contributed by atoms with Crippen LogP contribution in [0.1, 0.15) is 188 Å². The number of carbonyl (C=O) groups excluding carboxylic acids is 6. The zero-order chi connectivity index (χ0) is 68.9. The second-order valence-electron chi connectivity index (χ2n) is 27.8. The molecule has 28 heteroatoms. The fourth-order valence-electron chi connectivity index (χ4n) is 8.27. The molecule has 1 aromatic carbocycles. The van der Waals surface area contributed by atoms with Gasteiger partial charge in [0.2, 0.25) is 11.9 Å². The number of amides is 6. The molecule has 0 spiro atoms. The highest BCUT2D eigenvalue weighted by atomic mass is 32.2. The summed E-state index contributed by atoms with van der Waals surface area (Å²) in [5, 5.41) is 28.6. The summed E-state index contributed by atoms with van der Waals surface area (Å²) in [7, 11) is -3.80. The van der Waals surface area contributed by atoms with Gasteiger partial charge >= 0.3 is 36.6 Å². The Bertz CT molecular complexity index is 2590. The largest absolute Gasteiger partial charge is 0.444 e. The minimum Gasteiger partial charge on any atom is -0.444 e. The number of carbonyl (C=O) groups is 6. The number of amidine groups is 1. The van der Waals surface area contributed by atoms with Gasteiger partial charge in [0.25, 0.3) is 10.1 Å². The van der Waals surface area contributed by atoms with Crippen molar-refractivity contribution in [3.8, 4) is 0 Å². The summed E-state index contributed by atoms with van der Waals surface area (Å²) < 4.78 is 61.1. The van der Waals surface area contributed by atoms with Gasteiger partial charge in [0.1, 0.15) is 33.6 Å². The fraction of sp³-hybridized carbons (Fsp3) is 0.758. The summed E-state index contributed by atoms with van der Waals surface area (Å²) >= 11 is 1.12. The maximum Gasteiger partial charge on any atom is 0.437 e. The molecule has 516 valence electrons. The smallest absolute Gasteiger partial charge is 0.437 e. The van der Waals surface area contributed by atoms with Gasteiger partial charge in [0, 0.05) is 39.4 Å². The second-order valence-corrected chi connectivity index (χ2v) is 30.2. The van der Waals surface area contributed by atoms with E-state index in [-0.39, 0.29) is 41.1 Å². The third-order valence-corrected chi connectivity index (χ3v) is 14.1. The molecular weight excluding hydrogens is 1210 g/mol. The molecule has 0 bridgehead atoms. The lowest BCUT2D eigenvalue weighted by molar-refractivity contribution is 0.0533. The van der Waals surface area contributed by atoms with E-state index in [0.29, 0.717) is 58.0 Å². The summed E-state index contributed by atoms with van der Waals surface area (Å²) in [5.41, 5.74) is -3.05. The van der Waals surface area contributed by atoms with Gasteiger partial charge in [-0.05, 0) is 239 Å². The lowest BCUT2D eigenvalue weighted by Gasteiger charge is -2.34. The highest BCUT2D eigenvalue weighted by Gasteiger charge is 2.30. The molecule has 90 heavy (non-hydrogen) atoms. The lowest BCUT2D eigenvalue weighted by atomic mass is 9.94. The number of hydrogen-bond acceptors (Lipinski definition) is 19. The van der Waals surface area contributed by atoms with Crippen LogP contribution >= 0.6 is 11.8 Å². The van der Waals surface area contributed by atoms with Crippen molar-refractivity contribution in [3.63, 3.8) is 0 Å². The predicted molar refractivity (Wildman–Crippen MR) is 349 cm³/mol. The molecular formula is C62H109N9O17S2. The van der Waals surface area contributed by atoms with Gasteiger partial charge < -0.3 is 53.8 Å². The van der Waals surface area contributed by atoms with Gasteiger partial charge in [-0.1, -0.05) is 29.5 Å². The van der Waals surface area contributed by atoms with E-state index in [1.165, 1.54) is 25.0 Å². The Hall–Kier alpha value is -5.81. The summed E-state index contributed by atoms with van der Waals surface area (Å²) in [6, 6.07) is 6.53. The Kier molecular flexibility index (Phi) is 34.9. The zero-order valence-electron chi connectivity index (χ0n) is 57.3. The van der Waals surface area contributed by atoms with E-state index in [0.717, 1.165) is 62.0 Å². The van der Waals surface area contributed by atoms with E-state index in [9.17, 15) is 37.2 Å². The van der Waals surface area contributed by atoms with Crippen molar-refractivity contribution in [2.45, 2.75) is 228 Å². The maximum absolute atomic E-state index is 12.4. The Labute approximate surface area is 540 Å². The Balaban J connectivity index is 0.000000655. The number of ether oxygens (including phenoxy) is 6. The normalized spacial score (nSPS) is 16.3. The van der Waals surface area contributed by atoms with Crippen molar-refractivity contribution >= 4 is 75.5 Å². The van der Waals surface area contributed by atoms with Gasteiger partial charge in [0.15, 0.2) is 5.17 Å². The molecule has 0 saturated carbocycles. The van der Waals surface area contributed by atoms with Crippen molar-refractivity contribution in [1.82, 2.24) is 31.1 Å². The third kappa shape index (κ3) is 40.8. The van der Waals surface area contributed by atoms with E-state index in [2.05, 4.69) is 36.2 Å². The van der Waals surface area contributed by atoms with Crippen LogP contribution in [-0.4, -0.2) is 181 Å². The lowest BCUT2D eigenvalue weighted by Crippen LogP contribution is -2.49. The monoisotopic (exact) mass is 1320 g/mol. The number of aliphatic hydroxyl groups is 2. The molecule has 3 aliphatic rings. The molecule has 0 aliphatic carbocycles. The molecule has 0 radical (unpaired) electrons. The number of nitrogens with one attached hydrogen (secondary N) is 4. The van der Waals surface area contributed by atoms with Crippen LogP contribution in [0.2, 0.25) is 0 Å². The number of hydrogen-bond donors (Lipinski definition) is 6. The molecule has 3 aliphatic heterocycles. The third-order valence-electron chi connectivity index (χ3n) is 12.2. The molecule has 3 heterocycles. The van der Waals surface area contributed by atoms with Crippen LogP contribution in [0.25, 0.3) is 0 Å². The maximum atomic E-state index is 12.4. The summed E-state index contributed by atoms with van der Waals surface area (Å²) in [6.45, 7) is 38.5. The Morgan fingerprint density at radius 3 is 1.17 bits per heavy atom. The average molecular weight is 1320 g/mol. The van der Waals surface area contributed by atoms with Gasteiger partial charge in [-0.25, -0.2) is 28.8 Å². The topological polar surface area (TPSA) is 333 Å². The quantitative estimate of drug-likeness (QED) is 0.0579. The first-order chi connectivity index (χ1) is 41.3. The number of aliphatic hydroxyl groups excluding tert-OH is 2. The molecule has 6 amide bonds. The summed E-state index contributed by atoms with van der Waals surface area (Å²) in [6.07, 6.45) is 5.23. The second kappa shape index (κ2) is 38.3.